The number of nitrogen functional groups attached to an aromatic ring is 1. The van der Waals surface area contributed by atoms with Crippen LogP contribution in [0.25, 0.3) is 0 Å². The first-order valence-electron chi connectivity index (χ1n) is 5.65. The molecule has 0 fully saturated rings. The Morgan fingerprint density at radius 1 is 1.37 bits per heavy atom. The summed E-state index contributed by atoms with van der Waals surface area (Å²) in [5.41, 5.74) is 2.88. The second-order valence-corrected chi connectivity index (χ2v) is 5.00. The fraction of sp³-hybridized carbons (Fsp3) is 0.154. The van der Waals surface area contributed by atoms with Gasteiger partial charge < -0.3 is 9.84 Å². The van der Waals surface area contributed by atoms with Gasteiger partial charge in [-0.3, -0.25) is 10.2 Å². The van der Waals surface area contributed by atoms with Crippen LogP contribution in [0.4, 0.5) is 0 Å². The maximum atomic E-state index is 11.3. The van der Waals surface area contributed by atoms with E-state index < -0.39 is 0 Å². The number of benzene rings is 1. The minimum Gasteiger partial charge on any atom is -0.488 e. The molecule has 0 spiro atoms. The van der Waals surface area contributed by atoms with Crippen molar-refractivity contribution < 1.29 is 14.6 Å². The third-order valence-electron chi connectivity index (χ3n) is 2.48. The number of rotatable bonds is 5. The Bertz CT molecular complexity index is 569. The number of hydrogen-bond acceptors (Lipinski definition) is 5. The Morgan fingerprint density at radius 2 is 2.21 bits per heavy atom. The van der Waals surface area contributed by atoms with Gasteiger partial charge in [-0.15, -0.1) is 11.3 Å². The lowest BCUT2D eigenvalue weighted by atomic mass is 10.2. The molecule has 100 valence electrons. The number of nitrogens with one attached hydrogen (secondary N) is 1. The van der Waals surface area contributed by atoms with Crippen molar-refractivity contribution in [3.63, 3.8) is 0 Å². The molecule has 0 aliphatic rings. The van der Waals surface area contributed by atoms with Gasteiger partial charge in [-0.1, -0.05) is 12.1 Å². The van der Waals surface area contributed by atoms with Crippen LogP contribution in [0.1, 0.15) is 20.1 Å². The number of carbonyl (C=O) groups excluding carboxylic acids is 1. The first-order valence-corrected chi connectivity index (χ1v) is 6.47. The number of nitrogens with two attached hydrogens (primary N) is 1. The summed E-state index contributed by atoms with van der Waals surface area (Å²) in [7, 11) is 0. The van der Waals surface area contributed by atoms with E-state index in [0.29, 0.717) is 17.2 Å². The minimum atomic E-state index is -0.307. The van der Waals surface area contributed by atoms with Gasteiger partial charge in [0.15, 0.2) is 0 Å². The smallest absolute Gasteiger partial charge is 0.275 e. The van der Waals surface area contributed by atoms with E-state index in [9.17, 15) is 4.79 Å². The number of hydrogen-bond donors (Lipinski definition) is 3. The van der Waals surface area contributed by atoms with Crippen molar-refractivity contribution in [1.29, 1.82) is 0 Å². The van der Waals surface area contributed by atoms with Crippen LogP contribution in [-0.4, -0.2) is 11.0 Å². The topological polar surface area (TPSA) is 84.6 Å². The summed E-state index contributed by atoms with van der Waals surface area (Å²) < 4.78 is 5.60. The zero-order valence-electron chi connectivity index (χ0n) is 10.1. The van der Waals surface area contributed by atoms with Gasteiger partial charge in [-0.05, 0) is 29.8 Å². The molecule has 6 heteroatoms. The average molecular weight is 278 g/mol. The summed E-state index contributed by atoms with van der Waals surface area (Å²) in [6.45, 7) is 0.356. The predicted octanol–water partition coefficient (Wildman–Crippen LogP) is 1.42. The Kier molecular flexibility index (Phi) is 4.51. The Balaban J connectivity index is 1.98. The van der Waals surface area contributed by atoms with Gasteiger partial charge >= 0.3 is 0 Å². The Labute approximate surface area is 114 Å². The molecule has 0 saturated heterocycles. The molecule has 1 aromatic heterocycles. The van der Waals surface area contributed by atoms with Crippen LogP contribution >= 0.6 is 11.3 Å². The quantitative estimate of drug-likeness (QED) is 0.439. The van der Waals surface area contributed by atoms with Crippen LogP contribution in [0.5, 0.6) is 5.75 Å². The third kappa shape index (κ3) is 3.54. The molecule has 5 nitrogen and oxygen atoms in total. The number of carbonyl (C=O) groups is 1. The fourth-order valence-electron chi connectivity index (χ4n) is 1.54. The van der Waals surface area contributed by atoms with Crippen molar-refractivity contribution in [2.75, 3.05) is 0 Å². The summed E-state index contributed by atoms with van der Waals surface area (Å²) in [6, 6.07) is 10.8. The molecule has 4 N–H and O–H groups in total. The molecule has 2 aromatic rings. The van der Waals surface area contributed by atoms with Crippen molar-refractivity contribution in [3.8, 4) is 5.75 Å². The van der Waals surface area contributed by atoms with Crippen molar-refractivity contribution in [1.82, 2.24) is 5.43 Å². The standard InChI is InChI=1S/C13H14N2O3S/c14-15-13(17)12-5-4-11(19-12)8-18-10-3-1-2-9(6-10)7-16/h1-6,16H,7-8,14H2,(H,15,17). The molecule has 0 unspecified atom stereocenters. The number of hydrazine groups is 1. The molecule has 0 radical (unpaired) electrons. The van der Waals surface area contributed by atoms with Crippen LogP contribution in [-0.2, 0) is 13.2 Å². The van der Waals surface area contributed by atoms with Crippen LogP contribution in [0, 0.1) is 0 Å². The number of thiophene rings is 1. The van der Waals surface area contributed by atoms with E-state index >= 15 is 0 Å². The molecule has 1 aromatic carbocycles. The van der Waals surface area contributed by atoms with E-state index in [4.69, 9.17) is 15.7 Å². The number of aliphatic hydroxyl groups excluding tert-OH is 1. The lowest BCUT2D eigenvalue weighted by Gasteiger charge is -2.05. The van der Waals surface area contributed by atoms with Gasteiger partial charge in [0.05, 0.1) is 11.5 Å². The zero-order valence-corrected chi connectivity index (χ0v) is 10.9. The normalized spacial score (nSPS) is 10.2. The highest BCUT2D eigenvalue weighted by molar-refractivity contribution is 7.14. The summed E-state index contributed by atoms with van der Waals surface area (Å²) in [5.74, 6) is 5.44. The summed E-state index contributed by atoms with van der Waals surface area (Å²) in [6.07, 6.45) is 0. The molecule has 0 saturated carbocycles. The number of amides is 1. The molecule has 19 heavy (non-hydrogen) atoms. The van der Waals surface area contributed by atoms with E-state index in [1.165, 1.54) is 11.3 Å². The summed E-state index contributed by atoms with van der Waals surface area (Å²) in [4.78, 5) is 12.8. The molecule has 0 atom stereocenters. The van der Waals surface area contributed by atoms with Gasteiger partial charge in [0, 0.05) is 4.88 Å². The highest BCUT2D eigenvalue weighted by atomic mass is 32.1. The lowest BCUT2D eigenvalue weighted by molar-refractivity contribution is 0.0957. The van der Waals surface area contributed by atoms with Gasteiger partial charge in [0.2, 0.25) is 0 Å². The molecule has 2 rings (SSSR count). The molecule has 0 bridgehead atoms. The molecule has 1 heterocycles. The fourth-order valence-corrected chi connectivity index (χ4v) is 2.36. The Morgan fingerprint density at radius 3 is 2.95 bits per heavy atom. The maximum absolute atomic E-state index is 11.3. The Hall–Kier alpha value is -1.89. The van der Waals surface area contributed by atoms with Crippen molar-refractivity contribution in [2.45, 2.75) is 13.2 Å². The monoisotopic (exact) mass is 278 g/mol. The van der Waals surface area contributed by atoms with E-state index in [1.807, 2.05) is 24.3 Å². The average Bonchev–Trinajstić information content (AvgIpc) is 2.93. The molecule has 1 amide bonds. The number of ether oxygens (including phenoxy) is 1. The van der Waals surface area contributed by atoms with E-state index in [2.05, 4.69) is 5.43 Å². The first-order chi connectivity index (χ1) is 9.22. The molecular weight excluding hydrogens is 264 g/mol. The molecule has 0 aliphatic carbocycles. The van der Waals surface area contributed by atoms with E-state index in [1.54, 1.807) is 12.1 Å². The largest absolute Gasteiger partial charge is 0.488 e. The van der Waals surface area contributed by atoms with Gasteiger partial charge in [-0.2, -0.15) is 0 Å². The van der Waals surface area contributed by atoms with Crippen molar-refractivity contribution >= 4 is 17.2 Å². The van der Waals surface area contributed by atoms with E-state index in [0.717, 1.165) is 10.4 Å². The van der Waals surface area contributed by atoms with Gasteiger partial charge in [-0.25, -0.2) is 5.84 Å². The van der Waals surface area contributed by atoms with Gasteiger partial charge in [0.25, 0.3) is 5.91 Å². The molecular formula is C13H14N2O3S. The van der Waals surface area contributed by atoms with Crippen LogP contribution in [0.15, 0.2) is 36.4 Å². The van der Waals surface area contributed by atoms with Crippen LogP contribution in [0.3, 0.4) is 0 Å². The zero-order chi connectivity index (χ0) is 13.7. The first kappa shape index (κ1) is 13.5. The summed E-state index contributed by atoms with van der Waals surface area (Å²) in [5, 5.41) is 9.03. The third-order valence-corrected chi connectivity index (χ3v) is 3.54. The van der Waals surface area contributed by atoms with Crippen molar-refractivity contribution in [2.24, 2.45) is 5.84 Å². The van der Waals surface area contributed by atoms with Crippen molar-refractivity contribution in [3.05, 3.63) is 51.7 Å². The van der Waals surface area contributed by atoms with Crippen LogP contribution < -0.4 is 16.0 Å². The van der Waals surface area contributed by atoms with Gasteiger partial charge in [0.1, 0.15) is 12.4 Å². The SMILES string of the molecule is NNC(=O)c1ccc(COc2cccc(CO)c2)s1. The van der Waals surface area contributed by atoms with Crippen LogP contribution in [0.2, 0.25) is 0 Å². The van der Waals surface area contributed by atoms with E-state index in [-0.39, 0.29) is 12.5 Å². The molecule has 0 aliphatic heterocycles. The highest BCUT2D eigenvalue weighted by Crippen LogP contribution is 2.20. The number of aliphatic hydroxyl groups is 1. The maximum Gasteiger partial charge on any atom is 0.275 e. The lowest BCUT2D eigenvalue weighted by Crippen LogP contribution is -2.29. The highest BCUT2D eigenvalue weighted by Gasteiger charge is 2.07. The predicted molar refractivity (Wildman–Crippen MR) is 72.7 cm³/mol. The summed E-state index contributed by atoms with van der Waals surface area (Å²) >= 11 is 1.33. The second kappa shape index (κ2) is 6.33. The second-order valence-electron chi connectivity index (χ2n) is 3.83. The minimum absolute atomic E-state index is 0.0168.